The molecule has 0 aliphatic heterocycles. The Kier molecular flexibility index (Phi) is 9.36. The van der Waals surface area contributed by atoms with Crippen LogP contribution in [0.1, 0.15) is 54.4 Å². The average molecular weight is 499 g/mol. The molecule has 1 atom stereocenters. The second kappa shape index (κ2) is 13.1. The number of ether oxygens (including phenoxy) is 1. The van der Waals surface area contributed by atoms with Crippen molar-refractivity contribution in [2.75, 3.05) is 6.61 Å². The van der Waals surface area contributed by atoms with Crippen LogP contribution in [0.25, 0.3) is 0 Å². The van der Waals surface area contributed by atoms with Crippen molar-refractivity contribution in [1.82, 2.24) is 10.2 Å². The lowest BCUT2D eigenvalue weighted by Crippen LogP contribution is -2.53. The van der Waals surface area contributed by atoms with E-state index in [-0.39, 0.29) is 24.5 Å². The summed E-state index contributed by atoms with van der Waals surface area (Å²) in [5, 5.41) is 3.28. The molecule has 1 fully saturated rings. The van der Waals surface area contributed by atoms with Crippen LogP contribution in [0, 0.1) is 13.8 Å². The summed E-state index contributed by atoms with van der Waals surface area (Å²) in [7, 11) is 0. The molecule has 1 aliphatic rings. The Morgan fingerprint density at radius 3 is 2.24 bits per heavy atom. The monoisotopic (exact) mass is 498 g/mol. The lowest BCUT2D eigenvalue weighted by molar-refractivity contribution is -0.143. The molecule has 0 radical (unpaired) electrons. The molecule has 194 valence electrons. The smallest absolute Gasteiger partial charge is 0.261 e. The van der Waals surface area contributed by atoms with Gasteiger partial charge in [0.25, 0.3) is 5.91 Å². The number of amides is 2. The molecule has 1 unspecified atom stereocenters. The summed E-state index contributed by atoms with van der Waals surface area (Å²) in [5.74, 6) is 0.352. The number of aryl methyl sites for hydroxylation is 2. The van der Waals surface area contributed by atoms with E-state index in [0.29, 0.717) is 18.7 Å². The number of carbonyl (C=O) groups is 2. The summed E-state index contributed by atoms with van der Waals surface area (Å²) < 4.78 is 5.90. The summed E-state index contributed by atoms with van der Waals surface area (Å²) in [6, 6.07) is 25.2. The van der Waals surface area contributed by atoms with Crippen molar-refractivity contribution in [2.24, 2.45) is 0 Å². The molecule has 1 aliphatic carbocycles. The summed E-state index contributed by atoms with van der Waals surface area (Å²) in [6.45, 7) is 4.24. The highest BCUT2D eigenvalue weighted by atomic mass is 16.5. The Bertz CT molecular complexity index is 1170. The molecule has 0 aromatic heterocycles. The van der Waals surface area contributed by atoms with Gasteiger partial charge < -0.3 is 15.0 Å². The number of nitrogens with zero attached hydrogens (tertiary/aromatic N) is 1. The van der Waals surface area contributed by atoms with Gasteiger partial charge in [-0.25, -0.2) is 0 Å². The minimum atomic E-state index is -0.640. The molecule has 3 aromatic carbocycles. The number of hydrogen-bond acceptors (Lipinski definition) is 3. The average Bonchev–Trinajstić information content (AvgIpc) is 2.90. The van der Waals surface area contributed by atoms with Crippen LogP contribution in [0.4, 0.5) is 0 Å². The largest absolute Gasteiger partial charge is 0.484 e. The van der Waals surface area contributed by atoms with E-state index in [1.54, 1.807) is 4.90 Å². The van der Waals surface area contributed by atoms with Crippen molar-refractivity contribution >= 4 is 11.8 Å². The van der Waals surface area contributed by atoms with Gasteiger partial charge in [-0.3, -0.25) is 9.59 Å². The molecule has 0 bridgehead atoms. The number of carbonyl (C=O) groups excluding carboxylic acids is 2. The van der Waals surface area contributed by atoms with Crippen molar-refractivity contribution in [1.29, 1.82) is 0 Å². The molecule has 0 spiro atoms. The van der Waals surface area contributed by atoms with Gasteiger partial charge >= 0.3 is 0 Å². The van der Waals surface area contributed by atoms with Crippen molar-refractivity contribution in [3.63, 3.8) is 0 Å². The van der Waals surface area contributed by atoms with Gasteiger partial charge in [-0.05, 0) is 55.5 Å². The van der Waals surface area contributed by atoms with Crippen LogP contribution < -0.4 is 10.1 Å². The molecule has 37 heavy (non-hydrogen) atoms. The molecule has 4 rings (SSSR count). The Morgan fingerprint density at radius 1 is 0.865 bits per heavy atom. The standard InChI is InChI=1S/C32H38N2O3/c1-24-11-9-15-27(19-24)22-34(31(35)23-37-29-18-10-12-25(2)20-29)30(21-26-13-5-3-6-14-26)32(36)33-28-16-7-4-8-17-28/h3,5-6,9-15,18-20,28,30H,4,7-8,16-17,21-23H2,1-2H3,(H,33,36). The molecule has 1 saturated carbocycles. The Hall–Kier alpha value is -3.60. The topological polar surface area (TPSA) is 58.6 Å². The Balaban J connectivity index is 1.61. The van der Waals surface area contributed by atoms with E-state index in [9.17, 15) is 9.59 Å². The molecule has 5 nitrogen and oxygen atoms in total. The van der Waals surface area contributed by atoms with Gasteiger partial charge in [-0.2, -0.15) is 0 Å². The fraction of sp³-hybridized carbons (Fsp3) is 0.375. The van der Waals surface area contributed by atoms with Crippen molar-refractivity contribution in [3.05, 3.63) is 101 Å². The quantitative estimate of drug-likeness (QED) is 0.386. The molecular weight excluding hydrogens is 460 g/mol. The van der Waals surface area contributed by atoms with Gasteiger partial charge in [0, 0.05) is 19.0 Å². The minimum absolute atomic E-state index is 0.0905. The van der Waals surface area contributed by atoms with Gasteiger partial charge in [0.2, 0.25) is 5.91 Å². The van der Waals surface area contributed by atoms with E-state index < -0.39 is 6.04 Å². The van der Waals surface area contributed by atoms with Gasteiger partial charge in [0.1, 0.15) is 11.8 Å². The van der Waals surface area contributed by atoms with Crippen LogP contribution >= 0.6 is 0 Å². The van der Waals surface area contributed by atoms with Crippen LogP contribution in [0.15, 0.2) is 78.9 Å². The van der Waals surface area contributed by atoms with Crippen molar-refractivity contribution in [2.45, 2.75) is 71.0 Å². The third-order valence-corrected chi connectivity index (χ3v) is 7.01. The van der Waals surface area contributed by atoms with Gasteiger partial charge in [0.15, 0.2) is 6.61 Å². The number of rotatable bonds is 10. The first kappa shape index (κ1) is 26.5. The third-order valence-electron chi connectivity index (χ3n) is 7.01. The minimum Gasteiger partial charge on any atom is -0.484 e. The third kappa shape index (κ3) is 7.94. The normalized spacial score (nSPS) is 14.5. The fourth-order valence-electron chi connectivity index (χ4n) is 5.04. The van der Waals surface area contributed by atoms with Crippen LogP contribution in [-0.4, -0.2) is 35.4 Å². The zero-order valence-electron chi connectivity index (χ0n) is 22.0. The van der Waals surface area contributed by atoms with E-state index in [0.717, 1.165) is 47.9 Å². The zero-order chi connectivity index (χ0) is 26.0. The first-order valence-corrected chi connectivity index (χ1v) is 13.4. The maximum atomic E-state index is 13.8. The van der Waals surface area contributed by atoms with Crippen LogP contribution in [0.5, 0.6) is 5.75 Å². The van der Waals surface area contributed by atoms with Crippen LogP contribution in [0.2, 0.25) is 0 Å². The van der Waals surface area contributed by atoms with Crippen molar-refractivity contribution < 1.29 is 14.3 Å². The summed E-state index contributed by atoms with van der Waals surface area (Å²) >= 11 is 0. The first-order chi connectivity index (χ1) is 18.0. The SMILES string of the molecule is Cc1cccc(CN(C(=O)COc2cccc(C)c2)C(Cc2ccccc2)C(=O)NC2CCCCC2)c1. The highest BCUT2D eigenvalue weighted by Gasteiger charge is 2.32. The highest BCUT2D eigenvalue weighted by Crippen LogP contribution is 2.20. The van der Waals surface area contributed by atoms with Gasteiger partial charge in [-0.1, -0.05) is 91.6 Å². The van der Waals surface area contributed by atoms with Crippen LogP contribution in [0.3, 0.4) is 0 Å². The molecule has 0 heterocycles. The van der Waals surface area contributed by atoms with E-state index in [1.165, 1.54) is 6.42 Å². The molecule has 5 heteroatoms. The van der Waals surface area contributed by atoms with Gasteiger partial charge in [-0.15, -0.1) is 0 Å². The molecular formula is C32H38N2O3. The van der Waals surface area contributed by atoms with Crippen LogP contribution in [-0.2, 0) is 22.6 Å². The number of nitrogens with one attached hydrogen (secondary N) is 1. The second-order valence-electron chi connectivity index (χ2n) is 10.2. The predicted molar refractivity (Wildman–Crippen MR) is 147 cm³/mol. The van der Waals surface area contributed by atoms with E-state index in [1.807, 2.05) is 86.6 Å². The Labute approximate surface area is 220 Å². The first-order valence-electron chi connectivity index (χ1n) is 13.4. The highest BCUT2D eigenvalue weighted by molar-refractivity contribution is 5.88. The summed E-state index contributed by atoms with van der Waals surface area (Å²) in [5.41, 5.74) is 4.20. The Morgan fingerprint density at radius 2 is 1.54 bits per heavy atom. The molecule has 3 aromatic rings. The lowest BCUT2D eigenvalue weighted by Gasteiger charge is -2.33. The predicted octanol–water partition coefficient (Wildman–Crippen LogP) is 5.77. The van der Waals surface area contributed by atoms with E-state index in [4.69, 9.17) is 4.74 Å². The number of benzene rings is 3. The van der Waals surface area contributed by atoms with Gasteiger partial charge in [0.05, 0.1) is 0 Å². The summed E-state index contributed by atoms with van der Waals surface area (Å²) in [4.78, 5) is 29.2. The molecule has 1 N–H and O–H groups in total. The molecule has 2 amide bonds. The maximum Gasteiger partial charge on any atom is 0.261 e. The van der Waals surface area contributed by atoms with Crippen molar-refractivity contribution in [3.8, 4) is 5.75 Å². The number of hydrogen-bond donors (Lipinski definition) is 1. The summed E-state index contributed by atoms with van der Waals surface area (Å²) in [6.07, 6.45) is 5.91. The fourth-order valence-corrected chi connectivity index (χ4v) is 5.04. The van der Waals surface area contributed by atoms with E-state index >= 15 is 0 Å². The lowest BCUT2D eigenvalue weighted by atomic mass is 9.94. The second-order valence-corrected chi connectivity index (χ2v) is 10.2. The zero-order valence-corrected chi connectivity index (χ0v) is 22.0. The van der Waals surface area contributed by atoms with E-state index in [2.05, 4.69) is 11.4 Å². The maximum absolute atomic E-state index is 13.8. The molecule has 0 saturated heterocycles.